The zero-order chi connectivity index (χ0) is 14.7. The molecule has 0 heterocycles. The molecule has 0 aliphatic carbocycles. The Bertz CT molecular complexity index is 644. The Morgan fingerprint density at radius 3 is 2.50 bits per heavy atom. The largest absolute Gasteiger partial charge is 0.398 e. The number of nitrogens with two attached hydrogens (primary N) is 1. The molecule has 3 nitrogen and oxygen atoms in total. The van der Waals surface area contributed by atoms with E-state index in [1.807, 2.05) is 18.2 Å². The number of amides is 1. The highest BCUT2D eigenvalue weighted by Crippen LogP contribution is 2.20. The Morgan fingerprint density at radius 2 is 1.85 bits per heavy atom. The molecule has 0 aliphatic rings. The summed E-state index contributed by atoms with van der Waals surface area (Å²) >= 11 is 11.8. The molecule has 104 valence electrons. The van der Waals surface area contributed by atoms with E-state index in [2.05, 4.69) is 0 Å². The van der Waals surface area contributed by atoms with E-state index in [1.54, 1.807) is 36.2 Å². The Morgan fingerprint density at radius 1 is 1.15 bits per heavy atom. The minimum atomic E-state index is -0.154. The molecule has 0 atom stereocenters. The van der Waals surface area contributed by atoms with Crippen molar-refractivity contribution >= 4 is 34.8 Å². The Hall–Kier alpha value is -1.71. The lowest BCUT2D eigenvalue weighted by atomic mass is 10.1. The van der Waals surface area contributed by atoms with E-state index >= 15 is 0 Å². The molecule has 1 amide bonds. The fourth-order valence-electron chi connectivity index (χ4n) is 1.91. The first kappa shape index (κ1) is 14.7. The summed E-state index contributed by atoms with van der Waals surface area (Å²) in [5.74, 6) is -0.154. The van der Waals surface area contributed by atoms with Gasteiger partial charge in [-0.05, 0) is 35.9 Å². The van der Waals surface area contributed by atoms with Crippen LogP contribution in [0.1, 0.15) is 15.9 Å². The lowest BCUT2D eigenvalue weighted by Gasteiger charge is -2.18. The van der Waals surface area contributed by atoms with Crippen molar-refractivity contribution in [2.75, 3.05) is 12.8 Å². The second-order valence-electron chi connectivity index (χ2n) is 4.52. The fourth-order valence-corrected chi connectivity index (χ4v) is 2.31. The molecule has 0 spiro atoms. The van der Waals surface area contributed by atoms with Crippen LogP contribution in [0, 0.1) is 0 Å². The predicted molar refractivity (Wildman–Crippen MR) is 83.1 cm³/mol. The second-order valence-corrected chi connectivity index (χ2v) is 5.40. The first-order chi connectivity index (χ1) is 9.47. The number of hydrogen-bond donors (Lipinski definition) is 1. The zero-order valence-corrected chi connectivity index (χ0v) is 12.4. The van der Waals surface area contributed by atoms with Crippen molar-refractivity contribution in [1.29, 1.82) is 0 Å². The smallest absolute Gasteiger partial charge is 0.255 e. The number of nitrogens with zero attached hydrogens (tertiary/aromatic N) is 1. The molecule has 2 rings (SSSR count). The normalized spacial score (nSPS) is 10.3. The number of carbonyl (C=O) groups is 1. The molecule has 2 aromatic rings. The molecule has 0 aliphatic heterocycles. The summed E-state index contributed by atoms with van der Waals surface area (Å²) < 4.78 is 0. The molecule has 5 heteroatoms. The average Bonchev–Trinajstić information content (AvgIpc) is 2.38. The van der Waals surface area contributed by atoms with Gasteiger partial charge < -0.3 is 10.6 Å². The number of anilines is 1. The van der Waals surface area contributed by atoms with Crippen molar-refractivity contribution in [2.45, 2.75) is 6.54 Å². The van der Waals surface area contributed by atoms with Gasteiger partial charge in [0.2, 0.25) is 0 Å². The first-order valence-electron chi connectivity index (χ1n) is 6.02. The molecule has 0 unspecified atom stereocenters. The summed E-state index contributed by atoms with van der Waals surface area (Å²) in [7, 11) is 1.72. The highest BCUT2D eigenvalue weighted by molar-refractivity contribution is 6.31. The van der Waals surface area contributed by atoms with Crippen LogP contribution in [0.4, 0.5) is 5.69 Å². The molecule has 0 saturated heterocycles. The van der Waals surface area contributed by atoms with Crippen LogP contribution < -0.4 is 5.73 Å². The maximum atomic E-state index is 12.3. The third-order valence-corrected chi connectivity index (χ3v) is 3.37. The highest BCUT2D eigenvalue weighted by Gasteiger charge is 2.15. The van der Waals surface area contributed by atoms with E-state index in [0.29, 0.717) is 27.8 Å². The van der Waals surface area contributed by atoms with Crippen LogP contribution in [0.3, 0.4) is 0 Å². The van der Waals surface area contributed by atoms with Crippen LogP contribution in [0.25, 0.3) is 0 Å². The summed E-state index contributed by atoms with van der Waals surface area (Å²) in [6.45, 7) is 0.460. The second kappa shape index (κ2) is 6.16. The van der Waals surface area contributed by atoms with Crippen molar-refractivity contribution in [3.8, 4) is 0 Å². The molecular formula is C15H14Cl2N2O. The Kier molecular flexibility index (Phi) is 4.53. The lowest BCUT2D eigenvalue weighted by Crippen LogP contribution is -2.26. The van der Waals surface area contributed by atoms with Crippen molar-refractivity contribution in [1.82, 2.24) is 4.90 Å². The number of benzene rings is 2. The van der Waals surface area contributed by atoms with E-state index in [-0.39, 0.29) is 5.91 Å². The third-order valence-electron chi connectivity index (χ3n) is 2.90. The fraction of sp³-hybridized carbons (Fsp3) is 0.133. The van der Waals surface area contributed by atoms with Crippen LogP contribution in [0.15, 0.2) is 42.5 Å². The maximum absolute atomic E-state index is 12.3. The van der Waals surface area contributed by atoms with E-state index in [9.17, 15) is 4.79 Å². The van der Waals surface area contributed by atoms with E-state index in [4.69, 9.17) is 28.9 Å². The molecule has 0 saturated carbocycles. The van der Waals surface area contributed by atoms with Crippen LogP contribution in [0.5, 0.6) is 0 Å². The van der Waals surface area contributed by atoms with Crippen molar-refractivity contribution < 1.29 is 4.79 Å². The predicted octanol–water partition coefficient (Wildman–Crippen LogP) is 3.85. The molecule has 2 N–H and O–H groups in total. The number of halogens is 2. The van der Waals surface area contributed by atoms with Gasteiger partial charge in [-0.3, -0.25) is 4.79 Å². The molecule has 0 fully saturated rings. The van der Waals surface area contributed by atoms with Crippen molar-refractivity contribution in [3.05, 3.63) is 63.6 Å². The third kappa shape index (κ3) is 3.44. The summed E-state index contributed by atoms with van der Waals surface area (Å²) in [5.41, 5.74) is 7.60. The monoisotopic (exact) mass is 308 g/mol. The summed E-state index contributed by atoms with van der Waals surface area (Å²) in [6.07, 6.45) is 0. The van der Waals surface area contributed by atoms with E-state index in [0.717, 1.165) is 5.56 Å². The van der Waals surface area contributed by atoms with E-state index < -0.39 is 0 Å². The summed E-state index contributed by atoms with van der Waals surface area (Å²) in [4.78, 5) is 13.9. The van der Waals surface area contributed by atoms with Crippen LogP contribution >= 0.6 is 23.2 Å². The van der Waals surface area contributed by atoms with Gasteiger partial charge in [-0.25, -0.2) is 0 Å². The molecule has 0 aromatic heterocycles. The SMILES string of the molecule is CN(Cc1cccc(Cl)c1)C(=O)c1ccc(Cl)cc1N. The van der Waals surface area contributed by atoms with Gasteiger partial charge in [-0.15, -0.1) is 0 Å². The molecule has 0 bridgehead atoms. The lowest BCUT2D eigenvalue weighted by molar-refractivity contribution is 0.0786. The molecule has 0 radical (unpaired) electrons. The average molecular weight is 309 g/mol. The van der Waals surface area contributed by atoms with Gasteiger partial charge in [0, 0.05) is 29.3 Å². The van der Waals surface area contributed by atoms with Crippen LogP contribution in [-0.2, 0) is 6.54 Å². The van der Waals surface area contributed by atoms with Crippen molar-refractivity contribution in [3.63, 3.8) is 0 Å². The molecule has 20 heavy (non-hydrogen) atoms. The molecule has 2 aromatic carbocycles. The van der Waals surface area contributed by atoms with Crippen LogP contribution in [-0.4, -0.2) is 17.9 Å². The zero-order valence-electron chi connectivity index (χ0n) is 10.9. The van der Waals surface area contributed by atoms with Gasteiger partial charge >= 0.3 is 0 Å². The maximum Gasteiger partial charge on any atom is 0.255 e. The standard InChI is InChI=1S/C15H14Cl2N2O/c1-19(9-10-3-2-4-11(16)7-10)15(20)13-6-5-12(17)8-14(13)18/h2-8H,9,18H2,1H3. The number of hydrogen-bond acceptors (Lipinski definition) is 2. The van der Waals surface area contributed by atoms with Gasteiger partial charge in [-0.2, -0.15) is 0 Å². The van der Waals surface area contributed by atoms with Crippen molar-refractivity contribution in [2.24, 2.45) is 0 Å². The van der Waals surface area contributed by atoms with Crippen LogP contribution in [0.2, 0.25) is 10.0 Å². The number of carbonyl (C=O) groups excluding carboxylic acids is 1. The first-order valence-corrected chi connectivity index (χ1v) is 6.78. The minimum absolute atomic E-state index is 0.154. The van der Waals surface area contributed by atoms with Gasteiger partial charge in [0.15, 0.2) is 0 Å². The summed E-state index contributed by atoms with van der Waals surface area (Å²) in [6, 6.07) is 12.3. The minimum Gasteiger partial charge on any atom is -0.398 e. The van der Waals surface area contributed by atoms with E-state index in [1.165, 1.54) is 0 Å². The Labute approximate surface area is 127 Å². The van der Waals surface area contributed by atoms with Gasteiger partial charge in [0.25, 0.3) is 5.91 Å². The number of rotatable bonds is 3. The molecular weight excluding hydrogens is 295 g/mol. The quantitative estimate of drug-likeness (QED) is 0.875. The topological polar surface area (TPSA) is 46.3 Å². The van der Waals surface area contributed by atoms with Gasteiger partial charge in [0.05, 0.1) is 5.56 Å². The summed E-state index contributed by atoms with van der Waals surface area (Å²) in [5, 5.41) is 1.16. The highest BCUT2D eigenvalue weighted by atomic mass is 35.5. The van der Waals surface area contributed by atoms with Gasteiger partial charge in [0.1, 0.15) is 0 Å². The Balaban J connectivity index is 2.16. The number of nitrogen functional groups attached to an aromatic ring is 1. The van der Waals surface area contributed by atoms with Gasteiger partial charge in [-0.1, -0.05) is 35.3 Å².